The Bertz CT molecular complexity index is 492. The van der Waals surface area contributed by atoms with E-state index in [0.717, 1.165) is 12.2 Å². The van der Waals surface area contributed by atoms with Crippen molar-refractivity contribution in [3.8, 4) is 5.75 Å². The van der Waals surface area contributed by atoms with Crippen molar-refractivity contribution >= 4 is 17.5 Å². The second-order valence-electron chi connectivity index (χ2n) is 6.48. The maximum absolute atomic E-state index is 12.1. The molecule has 0 aliphatic heterocycles. The van der Waals surface area contributed by atoms with Crippen LogP contribution >= 0.6 is 11.6 Å². The van der Waals surface area contributed by atoms with Crippen LogP contribution in [0.25, 0.3) is 0 Å². The van der Waals surface area contributed by atoms with Crippen molar-refractivity contribution in [1.29, 1.82) is 0 Å². The maximum Gasteiger partial charge on any atom is 0.234 e. The maximum atomic E-state index is 12.1. The van der Waals surface area contributed by atoms with Crippen LogP contribution in [0.15, 0.2) is 24.3 Å². The summed E-state index contributed by atoms with van der Waals surface area (Å²) in [6, 6.07) is 7.65. The molecular formula is C18H27ClN2O2. The van der Waals surface area contributed by atoms with Crippen LogP contribution in [0, 0.1) is 5.92 Å². The van der Waals surface area contributed by atoms with Crippen molar-refractivity contribution in [3.63, 3.8) is 0 Å². The number of likely N-dealkylation sites (N-methyl/N-ethyl adjacent to an activating group) is 1. The van der Waals surface area contributed by atoms with Crippen molar-refractivity contribution in [1.82, 2.24) is 10.2 Å². The Morgan fingerprint density at radius 3 is 2.70 bits per heavy atom. The van der Waals surface area contributed by atoms with Crippen molar-refractivity contribution in [2.75, 3.05) is 26.7 Å². The number of carbonyl (C=O) groups excluding carboxylic acids is 1. The third-order valence-corrected chi connectivity index (χ3v) is 4.68. The third-order valence-electron chi connectivity index (χ3n) is 4.43. The van der Waals surface area contributed by atoms with Crippen LogP contribution in [0.3, 0.4) is 0 Å². The average molecular weight is 339 g/mol. The Morgan fingerprint density at radius 1 is 1.30 bits per heavy atom. The summed E-state index contributed by atoms with van der Waals surface area (Å²) in [7, 11) is 1.94. The molecule has 0 unspecified atom stereocenters. The smallest absolute Gasteiger partial charge is 0.234 e. The lowest BCUT2D eigenvalue weighted by Gasteiger charge is -2.30. The molecule has 0 spiro atoms. The molecule has 5 heteroatoms. The van der Waals surface area contributed by atoms with Gasteiger partial charge in [-0.25, -0.2) is 0 Å². The zero-order valence-corrected chi connectivity index (χ0v) is 14.8. The van der Waals surface area contributed by atoms with Crippen LogP contribution in [0.4, 0.5) is 0 Å². The molecule has 2 atom stereocenters. The van der Waals surface area contributed by atoms with Gasteiger partial charge in [0.05, 0.1) is 6.54 Å². The second kappa shape index (κ2) is 9.14. The fourth-order valence-corrected chi connectivity index (χ4v) is 3.08. The molecule has 0 radical (unpaired) electrons. The number of carbonyl (C=O) groups is 1. The zero-order chi connectivity index (χ0) is 16.7. The number of benzene rings is 1. The van der Waals surface area contributed by atoms with Gasteiger partial charge in [-0.2, -0.15) is 0 Å². The molecule has 1 saturated carbocycles. The molecule has 0 aromatic heterocycles. The highest BCUT2D eigenvalue weighted by Crippen LogP contribution is 2.23. The molecule has 1 aromatic rings. The van der Waals surface area contributed by atoms with Gasteiger partial charge in [0.1, 0.15) is 12.4 Å². The van der Waals surface area contributed by atoms with Crippen molar-refractivity contribution in [2.24, 2.45) is 5.92 Å². The predicted molar refractivity (Wildman–Crippen MR) is 94.0 cm³/mol. The number of ether oxygens (including phenoxy) is 1. The Kier molecular flexibility index (Phi) is 7.18. The number of amides is 1. The van der Waals surface area contributed by atoms with E-state index in [4.69, 9.17) is 16.3 Å². The SMILES string of the molecule is C[C@H]1CCCC[C@@H]1NC(=O)CN(C)CCOc1ccc(Cl)cc1. The van der Waals surface area contributed by atoms with Gasteiger partial charge < -0.3 is 10.1 Å². The molecule has 1 aliphatic rings. The molecular weight excluding hydrogens is 312 g/mol. The first kappa shape index (κ1) is 18.1. The van der Waals surface area contributed by atoms with Gasteiger partial charge in [0.15, 0.2) is 0 Å². The van der Waals surface area contributed by atoms with E-state index in [1.54, 1.807) is 12.1 Å². The highest BCUT2D eigenvalue weighted by atomic mass is 35.5. The standard InChI is InChI=1S/C18H27ClN2O2/c1-14-5-3-4-6-17(14)20-18(22)13-21(2)11-12-23-16-9-7-15(19)8-10-16/h7-10,14,17H,3-6,11-13H2,1-2H3,(H,20,22)/t14-,17-/m0/s1. The van der Waals surface area contributed by atoms with Crippen LogP contribution in [-0.4, -0.2) is 43.6 Å². The molecule has 1 amide bonds. The summed E-state index contributed by atoms with van der Waals surface area (Å²) in [5.41, 5.74) is 0. The van der Waals surface area contributed by atoms with Crippen molar-refractivity contribution in [2.45, 2.75) is 38.6 Å². The molecule has 23 heavy (non-hydrogen) atoms. The van der Waals surface area contributed by atoms with E-state index in [1.807, 2.05) is 24.1 Å². The Labute approximate surface area is 144 Å². The molecule has 0 bridgehead atoms. The van der Waals surface area contributed by atoms with E-state index in [9.17, 15) is 4.79 Å². The van der Waals surface area contributed by atoms with E-state index >= 15 is 0 Å². The molecule has 4 nitrogen and oxygen atoms in total. The van der Waals surface area contributed by atoms with E-state index in [-0.39, 0.29) is 5.91 Å². The number of nitrogens with one attached hydrogen (secondary N) is 1. The summed E-state index contributed by atoms with van der Waals surface area (Å²) in [6.07, 6.45) is 4.83. The molecule has 0 saturated heterocycles. The first-order chi connectivity index (χ1) is 11.0. The predicted octanol–water partition coefficient (Wildman–Crippen LogP) is 3.35. The molecule has 1 N–H and O–H groups in total. The minimum atomic E-state index is 0.109. The van der Waals surface area contributed by atoms with Gasteiger partial charge in [-0.1, -0.05) is 31.4 Å². The van der Waals surface area contributed by atoms with Gasteiger partial charge in [-0.05, 0) is 50.1 Å². The van der Waals surface area contributed by atoms with Gasteiger partial charge in [-0.15, -0.1) is 0 Å². The summed E-state index contributed by atoms with van der Waals surface area (Å²) in [5, 5.41) is 3.88. The van der Waals surface area contributed by atoms with Gasteiger partial charge in [0.25, 0.3) is 0 Å². The number of nitrogens with zero attached hydrogens (tertiary/aromatic N) is 1. The van der Waals surface area contributed by atoms with Crippen LogP contribution in [-0.2, 0) is 4.79 Å². The Balaban J connectivity index is 1.64. The van der Waals surface area contributed by atoms with Gasteiger partial charge in [0.2, 0.25) is 5.91 Å². The molecule has 1 aromatic carbocycles. The van der Waals surface area contributed by atoms with Crippen LogP contribution in [0.5, 0.6) is 5.75 Å². The summed E-state index contributed by atoms with van der Waals surface area (Å²) in [4.78, 5) is 14.1. The van der Waals surface area contributed by atoms with Gasteiger partial charge in [-0.3, -0.25) is 9.69 Å². The van der Waals surface area contributed by atoms with Crippen LogP contribution in [0.1, 0.15) is 32.6 Å². The minimum Gasteiger partial charge on any atom is -0.492 e. The first-order valence-corrected chi connectivity index (χ1v) is 8.78. The summed E-state index contributed by atoms with van der Waals surface area (Å²) < 4.78 is 5.65. The lowest BCUT2D eigenvalue weighted by molar-refractivity contribution is -0.123. The summed E-state index contributed by atoms with van der Waals surface area (Å²) in [5.74, 6) is 1.49. The van der Waals surface area contributed by atoms with Crippen LogP contribution < -0.4 is 10.1 Å². The summed E-state index contributed by atoms with van der Waals surface area (Å²) >= 11 is 5.84. The third kappa shape index (κ3) is 6.40. The Morgan fingerprint density at radius 2 is 2.00 bits per heavy atom. The van der Waals surface area contributed by atoms with Gasteiger partial charge >= 0.3 is 0 Å². The lowest BCUT2D eigenvalue weighted by atomic mass is 9.86. The van der Waals surface area contributed by atoms with E-state index < -0.39 is 0 Å². The topological polar surface area (TPSA) is 41.6 Å². The minimum absolute atomic E-state index is 0.109. The van der Waals surface area contributed by atoms with Crippen LogP contribution in [0.2, 0.25) is 5.02 Å². The fourth-order valence-electron chi connectivity index (χ4n) is 2.96. The number of hydrogen-bond acceptors (Lipinski definition) is 3. The number of hydrogen-bond donors (Lipinski definition) is 1. The highest BCUT2D eigenvalue weighted by molar-refractivity contribution is 6.30. The van der Waals surface area contributed by atoms with E-state index in [1.165, 1.54) is 19.3 Å². The molecule has 2 rings (SSSR count). The van der Waals surface area contributed by atoms with Crippen molar-refractivity contribution < 1.29 is 9.53 Å². The first-order valence-electron chi connectivity index (χ1n) is 8.41. The highest BCUT2D eigenvalue weighted by Gasteiger charge is 2.22. The lowest BCUT2D eigenvalue weighted by Crippen LogP contribution is -2.45. The molecule has 128 valence electrons. The largest absolute Gasteiger partial charge is 0.492 e. The Hall–Kier alpha value is -1.26. The fraction of sp³-hybridized carbons (Fsp3) is 0.611. The zero-order valence-electron chi connectivity index (χ0n) is 14.1. The molecule has 1 aliphatic carbocycles. The number of halogens is 1. The normalized spacial score (nSPS) is 21.2. The van der Waals surface area contributed by atoms with E-state index in [2.05, 4.69) is 12.2 Å². The molecule has 1 fully saturated rings. The average Bonchev–Trinajstić information content (AvgIpc) is 2.51. The quantitative estimate of drug-likeness (QED) is 0.829. The monoisotopic (exact) mass is 338 g/mol. The molecule has 0 heterocycles. The van der Waals surface area contributed by atoms with E-state index in [0.29, 0.717) is 36.7 Å². The second-order valence-corrected chi connectivity index (χ2v) is 6.91. The summed E-state index contributed by atoms with van der Waals surface area (Å²) in [6.45, 7) is 3.89. The number of rotatable bonds is 7. The van der Waals surface area contributed by atoms with Crippen molar-refractivity contribution in [3.05, 3.63) is 29.3 Å². The van der Waals surface area contributed by atoms with Gasteiger partial charge in [0, 0.05) is 17.6 Å².